The van der Waals surface area contributed by atoms with E-state index in [2.05, 4.69) is 36.9 Å². The molecule has 0 spiro atoms. The molecular formula is C31H45NO5. The zero-order valence-corrected chi connectivity index (χ0v) is 23.2. The number of nitrogens with zero attached hydrogens (tertiary/aromatic N) is 1. The van der Waals surface area contributed by atoms with E-state index in [0.717, 1.165) is 69.2 Å². The van der Waals surface area contributed by atoms with E-state index in [9.17, 15) is 9.59 Å². The number of hydrogen-bond acceptors (Lipinski definition) is 6. The molecule has 37 heavy (non-hydrogen) atoms. The molecule has 0 aliphatic rings. The van der Waals surface area contributed by atoms with E-state index in [-0.39, 0.29) is 11.9 Å². The van der Waals surface area contributed by atoms with Gasteiger partial charge in [0.05, 0.1) is 25.9 Å². The molecule has 0 saturated carbocycles. The molecule has 0 saturated heterocycles. The van der Waals surface area contributed by atoms with Crippen LogP contribution in [0.25, 0.3) is 0 Å². The van der Waals surface area contributed by atoms with Crippen LogP contribution in [0.3, 0.4) is 0 Å². The molecule has 0 aliphatic heterocycles. The Labute approximate surface area is 223 Å². The molecule has 0 amide bonds. The Kier molecular flexibility index (Phi) is 14.4. The molecule has 0 aromatic heterocycles. The first kappa shape index (κ1) is 30.4. The predicted molar refractivity (Wildman–Crippen MR) is 148 cm³/mol. The lowest BCUT2D eigenvalue weighted by Gasteiger charge is -2.23. The van der Waals surface area contributed by atoms with Gasteiger partial charge in [0.25, 0.3) is 0 Å². The van der Waals surface area contributed by atoms with Crippen LogP contribution in [0.5, 0.6) is 5.75 Å². The molecule has 6 heteroatoms. The summed E-state index contributed by atoms with van der Waals surface area (Å²) < 4.78 is 16.0. The first-order valence-corrected chi connectivity index (χ1v) is 13.7. The van der Waals surface area contributed by atoms with Gasteiger partial charge in [-0.25, -0.2) is 4.79 Å². The summed E-state index contributed by atoms with van der Waals surface area (Å²) in [4.78, 5) is 25.9. The number of methoxy groups -OCH3 is 1. The third-order valence-electron chi connectivity index (χ3n) is 6.30. The number of carbonyl (C=O) groups excluding carboxylic acids is 2. The molecular weight excluding hydrogens is 466 g/mol. The molecule has 0 atom stereocenters. The summed E-state index contributed by atoms with van der Waals surface area (Å²) in [6.07, 6.45) is 6.52. The quantitative estimate of drug-likeness (QED) is 0.169. The maximum Gasteiger partial charge on any atom is 0.337 e. The maximum absolute atomic E-state index is 11.8. The third kappa shape index (κ3) is 12.3. The highest BCUT2D eigenvalue weighted by molar-refractivity contribution is 5.89. The second-order valence-corrected chi connectivity index (χ2v) is 9.82. The maximum atomic E-state index is 11.8. The predicted octanol–water partition coefficient (Wildman–Crippen LogP) is 6.46. The average Bonchev–Trinajstić information content (AvgIpc) is 2.90. The third-order valence-corrected chi connectivity index (χ3v) is 6.30. The lowest BCUT2D eigenvalue weighted by Crippen LogP contribution is -2.27. The summed E-state index contributed by atoms with van der Waals surface area (Å²) in [7, 11) is 1.39. The molecule has 0 aliphatic carbocycles. The van der Waals surface area contributed by atoms with Crippen molar-refractivity contribution in [1.29, 1.82) is 0 Å². The second-order valence-electron chi connectivity index (χ2n) is 9.82. The van der Waals surface area contributed by atoms with Crippen molar-refractivity contribution >= 4 is 11.9 Å². The van der Waals surface area contributed by atoms with Gasteiger partial charge in [-0.15, -0.1) is 0 Å². The Morgan fingerprint density at radius 1 is 0.919 bits per heavy atom. The van der Waals surface area contributed by atoms with E-state index in [0.29, 0.717) is 18.6 Å². The SMILES string of the molecule is CCOC(=O)CCCCN(CCc1ccccc1OCCCCC(C)C)Cc1ccc(C(=O)OC)cc1. The molecule has 0 radical (unpaired) electrons. The summed E-state index contributed by atoms with van der Waals surface area (Å²) >= 11 is 0. The fraction of sp³-hybridized carbons (Fsp3) is 0.548. The molecule has 204 valence electrons. The lowest BCUT2D eigenvalue weighted by atomic mass is 10.1. The van der Waals surface area contributed by atoms with Gasteiger partial charge in [-0.1, -0.05) is 50.6 Å². The van der Waals surface area contributed by atoms with Crippen molar-refractivity contribution in [3.05, 3.63) is 65.2 Å². The molecule has 2 aromatic carbocycles. The first-order chi connectivity index (χ1) is 17.9. The van der Waals surface area contributed by atoms with Crippen molar-refractivity contribution in [2.75, 3.05) is 33.4 Å². The molecule has 0 unspecified atom stereocenters. The van der Waals surface area contributed by atoms with E-state index in [1.807, 2.05) is 37.3 Å². The smallest absolute Gasteiger partial charge is 0.337 e. The standard InChI is InChI=1S/C31H45NO5/c1-5-36-30(33)15-8-10-21-32(24-26-16-18-28(19-17-26)31(34)35-4)22-20-27-13-6-7-14-29(27)37-23-11-9-12-25(2)3/h6-7,13-14,16-19,25H,5,8-12,15,20-24H2,1-4H3. The number of rotatable bonds is 18. The minimum absolute atomic E-state index is 0.132. The highest BCUT2D eigenvalue weighted by Crippen LogP contribution is 2.20. The molecule has 0 fully saturated rings. The van der Waals surface area contributed by atoms with Gasteiger partial charge in [0.2, 0.25) is 0 Å². The van der Waals surface area contributed by atoms with Crippen LogP contribution in [0, 0.1) is 5.92 Å². The van der Waals surface area contributed by atoms with Crippen molar-refractivity contribution in [1.82, 2.24) is 4.90 Å². The summed E-state index contributed by atoms with van der Waals surface area (Å²) in [5, 5.41) is 0. The Hall–Kier alpha value is -2.86. The van der Waals surface area contributed by atoms with Gasteiger partial charge in [-0.05, 0) is 80.8 Å². The van der Waals surface area contributed by atoms with Gasteiger partial charge in [0.15, 0.2) is 0 Å². The van der Waals surface area contributed by atoms with Gasteiger partial charge in [-0.2, -0.15) is 0 Å². The van der Waals surface area contributed by atoms with E-state index in [4.69, 9.17) is 14.2 Å². The van der Waals surface area contributed by atoms with Gasteiger partial charge >= 0.3 is 11.9 Å². The zero-order valence-electron chi connectivity index (χ0n) is 23.2. The van der Waals surface area contributed by atoms with E-state index in [1.165, 1.54) is 25.5 Å². The summed E-state index contributed by atoms with van der Waals surface area (Å²) in [5.41, 5.74) is 2.89. The number of unbranched alkanes of at least 4 members (excludes halogenated alkanes) is 2. The molecule has 2 aromatic rings. The van der Waals surface area contributed by atoms with Crippen LogP contribution in [-0.4, -0.2) is 50.3 Å². The second kappa shape index (κ2) is 17.6. The number of benzene rings is 2. The van der Waals surface area contributed by atoms with Crippen LogP contribution >= 0.6 is 0 Å². The van der Waals surface area contributed by atoms with Crippen molar-refractivity contribution in [2.24, 2.45) is 5.92 Å². The largest absolute Gasteiger partial charge is 0.493 e. The van der Waals surface area contributed by atoms with E-state index >= 15 is 0 Å². The monoisotopic (exact) mass is 511 g/mol. The van der Waals surface area contributed by atoms with Crippen molar-refractivity contribution < 1.29 is 23.8 Å². The molecule has 0 bridgehead atoms. The molecule has 2 rings (SSSR count). The highest BCUT2D eigenvalue weighted by atomic mass is 16.5. The van der Waals surface area contributed by atoms with Crippen molar-refractivity contribution in [3.63, 3.8) is 0 Å². The number of esters is 2. The van der Waals surface area contributed by atoms with Gasteiger partial charge in [0, 0.05) is 19.5 Å². The molecule has 0 N–H and O–H groups in total. The van der Waals surface area contributed by atoms with Crippen LogP contribution < -0.4 is 4.74 Å². The molecule has 6 nitrogen and oxygen atoms in total. The summed E-state index contributed by atoms with van der Waals surface area (Å²) in [6, 6.07) is 15.9. The zero-order chi connectivity index (χ0) is 26.9. The topological polar surface area (TPSA) is 65.1 Å². The van der Waals surface area contributed by atoms with E-state index < -0.39 is 0 Å². The number of para-hydroxylation sites is 1. The normalized spacial score (nSPS) is 11.1. The van der Waals surface area contributed by atoms with Crippen LogP contribution in [0.1, 0.15) is 80.8 Å². The minimum atomic E-state index is -0.330. The van der Waals surface area contributed by atoms with Crippen LogP contribution in [0.4, 0.5) is 0 Å². The fourth-order valence-electron chi connectivity index (χ4n) is 4.20. The number of hydrogen-bond donors (Lipinski definition) is 0. The Balaban J connectivity index is 1.97. The number of ether oxygens (including phenoxy) is 3. The van der Waals surface area contributed by atoms with Gasteiger partial charge in [-0.3, -0.25) is 9.69 Å². The fourth-order valence-corrected chi connectivity index (χ4v) is 4.20. The Bertz CT molecular complexity index is 925. The van der Waals surface area contributed by atoms with Crippen LogP contribution in [0.15, 0.2) is 48.5 Å². The summed E-state index contributed by atoms with van der Waals surface area (Å²) in [5.74, 6) is 1.24. The first-order valence-electron chi connectivity index (χ1n) is 13.7. The Morgan fingerprint density at radius 2 is 1.68 bits per heavy atom. The highest BCUT2D eigenvalue weighted by Gasteiger charge is 2.12. The van der Waals surface area contributed by atoms with Crippen molar-refractivity contribution in [3.8, 4) is 5.75 Å². The van der Waals surface area contributed by atoms with Gasteiger partial charge < -0.3 is 14.2 Å². The molecule has 0 heterocycles. The average molecular weight is 512 g/mol. The van der Waals surface area contributed by atoms with Crippen molar-refractivity contribution in [2.45, 2.75) is 72.3 Å². The van der Waals surface area contributed by atoms with Crippen LogP contribution in [-0.2, 0) is 27.2 Å². The van der Waals surface area contributed by atoms with E-state index in [1.54, 1.807) is 0 Å². The number of carbonyl (C=O) groups is 2. The van der Waals surface area contributed by atoms with Gasteiger partial charge in [0.1, 0.15) is 5.75 Å². The van der Waals surface area contributed by atoms with Crippen LogP contribution in [0.2, 0.25) is 0 Å². The summed E-state index contributed by atoms with van der Waals surface area (Å²) in [6.45, 7) is 10.0. The lowest BCUT2D eigenvalue weighted by molar-refractivity contribution is -0.143. The minimum Gasteiger partial charge on any atom is -0.493 e. The Morgan fingerprint density at radius 3 is 2.38 bits per heavy atom.